The van der Waals surface area contributed by atoms with Gasteiger partial charge in [0.05, 0.1) is 12.5 Å². The van der Waals surface area contributed by atoms with E-state index in [9.17, 15) is 29.1 Å². The minimum atomic E-state index is -1.45. The minimum absolute atomic E-state index is 0.170. The monoisotopic (exact) mass is 431 g/mol. The number of hydrogen-bond acceptors (Lipinski definition) is 7. The Kier molecular flexibility index (Phi) is 12.3. The van der Waals surface area contributed by atoms with Crippen LogP contribution in [0.1, 0.15) is 46.5 Å². The van der Waals surface area contributed by atoms with Gasteiger partial charge in [-0.1, -0.05) is 13.8 Å². The third-order valence-electron chi connectivity index (χ3n) is 4.23. The lowest BCUT2D eigenvalue weighted by molar-refractivity contribution is -0.143. The van der Waals surface area contributed by atoms with Gasteiger partial charge in [0.1, 0.15) is 18.1 Å². The summed E-state index contributed by atoms with van der Waals surface area (Å²) in [7, 11) is 0. The van der Waals surface area contributed by atoms with Crippen LogP contribution in [0.15, 0.2) is 0 Å². The highest BCUT2D eigenvalue weighted by Gasteiger charge is 2.32. The average Bonchev–Trinajstić information content (AvgIpc) is 2.63. The molecule has 30 heavy (non-hydrogen) atoms. The molecule has 12 nitrogen and oxygen atoms in total. The second-order valence-electron chi connectivity index (χ2n) is 7.36. The number of nitrogens with two attached hydrogens (primary N) is 2. The Balaban J connectivity index is 5.29. The van der Waals surface area contributed by atoms with Gasteiger partial charge in [-0.15, -0.1) is 0 Å². The summed E-state index contributed by atoms with van der Waals surface area (Å²) in [6.07, 6.45) is 0.549. The summed E-state index contributed by atoms with van der Waals surface area (Å²) >= 11 is 0. The van der Waals surface area contributed by atoms with Crippen molar-refractivity contribution in [1.82, 2.24) is 16.0 Å². The maximum atomic E-state index is 12.6. The van der Waals surface area contributed by atoms with Gasteiger partial charge in [-0.25, -0.2) is 4.79 Å². The number of nitrogens with one attached hydrogen (secondary N) is 3. The van der Waals surface area contributed by atoms with Gasteiger partial charge in [-0.3, -0.25) is 19.2 Å². The van der Waals surface area contributed by atoms with Gasteiger partial charge in [0.15, 0.2) is 0 Å². The van der Waals surface area contributed by atoms with Crippen LogP contribution in [0.5, 0.6) is 0 Å². The van der Waals surface area contributed by atoms with Gasteiger partial charge in [0, 0.05) is 0 Å². The van der Waals surface area contributed by atoms with Crippen molar-refractivity contribution in [3.63, 3.8) is 0 Å². The third kappa shape index (κ3) is 10.2. The van der Waals surface area contributed by atoms with Crippen molar-refractivity contribution >= 4 is 29.7 Å². The van der Waals surface area contributed by atoms with E-state index in [0.29, 0.717) is 19.4 Å². The fraction of sp³-hybridized carbons (Fsp3) is 0.722. The first kappa shape index (κ1) is 27.3. The maximum absolute atomic E-state index is 12.6. The molecule has 0 aliphatic rings. The molecule has 0 aromatic heterocycles. The normalized spacial score (nSPS) is 14.9. The van der Waals surface area contributed by atoms with E-state index in [0.717, 1.165) is 0 Å². The van der Waals surface area contributed by atoms with Crippen molar-refractivity contribution in [2.24, 2.45) is 17.4 Å². The first-order valence-electron chi connectivity index (χ1n) is 9.72. The zero-order chi connectivity index (χ0) is 23.4. The Hall–Kier alpha value is -2.73. The van der Waals surface area contributed by atoms with Crippen molar-refractivity contribution in [1.29, 1.82) is 0 Å². The number of carbonyl (C=O) groups is 5. The molecule has 0 radical (unpaired) electrons. The van der Waals surface area contributed by atoms with E-state index < -0.39 is 66.2 Å². The summed E-state index contributed by atoms with van der Waals surface area (Å²) in [4.78, 5) is 59.4. The maximum Gasteiger partial charge on any atom is 0.326 e. The molecule has 0 rings (SSSR count). The largest absolute Gasteiger partial charge is 0.481 e. The van der Waals surface area contributed by atoms with Crippen LogP contribution in [0, 0.1) is 5.92 Å². The molecule has 4 atom stereocenters. The van der Waals surface area contributed by atoms with Crippen LogP contribution < -0.4 is 27.4 Å². The topological polar surface area (TPSA) is 214 Å². The van der Waals surface area contributed by atoms with Gasteiger partial charge >= 0.3 is 11.9 Å². The molecular weight excluding hydrogens is 398 g/mol. The molecule has 0 bridgehead atoms. The summed E-state index contributed by atoms with van der Waals surface area (Å²) in [5, 5.41) is 25.3. The predicted molar refractivity (Wildman–Crippen MR) is 107 cm³/mol. The highest BCUT2D eigenvalue weighted by Crippen LogP contribution is 2.07. The lowest BCUT2D eigenvalue weighted by Crippen LogP contribution is -2.58. The minimum Gasteiger partial charge on any atom is -0.481 e. The van der Waals surface area contributed by atoms with Gasteiger partial charge in [0.25, 0.3) is 0 Å². The number of carboxylic acids is 2. The van der Waals surface area contributed by atoms with E-state index >= 15 is 0 Å². The highest BCUT2D eigenvalue weighted by atomic mass is 16.4. The number of rotatable bonds is 14. The quantitative estimate of drug-likeness (QED) is 0.153. The zero-order valence-electron chi connectivity index (χ0n) is 17.5. The summed E-state index contributed by atoms with van der Waals surface area (Å²) < 4.78 is 0. The Morgan fingerprint density at radius 3 is 1.83 bits per heavy atom. The number of carboxylic acid groups (broad SMARTS) is 2. The van der Waals surface area contributed by atoms with Crippen LogP contribution in [0.4, 0.5) is 0 Å². The summed E-state index contributed by atoms with van der Waals surface area (Å²) in [5.74, 6) is -5.35. The first-order valence-corrected chi connectivity index (χ1v) is 9.72. The van der Waals surface area contributed by atoms with Crippen molar-refractivity contribution in [2.75, 3.05) is 6.54 Å². The zero-order valence-corrected chi connectivity index (χ0v) is 17.5. The van der Waals surface area contributed by atoms with Gasteiger partial charge in [0.2, 0.25) is 17.7 Å². The van der Waals surface area contributed by atoms with Gasteiger partial charge in [-0.05, 0) is 38.6 Å². The van der Waals surface area contributed by atoms with Crippen molar-refractivity contribution in [2.45, 2.75) is 70.6 Å². The Morgan fingerprint density at radius 1 is 0.833 bits per heavy atom. The SMILES string of the molecule is CC(N)C(=O)NC(CC(=O)O)C(=O)NC(C(=O)NC(CCCCN)C(=O)O)C(C)C. The van der Waals surface area contributed by atoms with Crippen LogP contribution in [0.3, 0.4) is 0 Å². The van der Waals surface area contributed by atoms with Crippen LogP contribution in [0.2, 0.25) is 0 Å². The van der Waals surface area contributed by atoms with E-state index in [1.54, 1.807) is 13.8 Å². The van der Waals surface area contributed by atoms with E-state index in [-0.39, 0.29) is 6.42 Å². The van der Waals surface area contributed by atoms with Crippen LogP contribution in [-0.4, -0.2) is 70.6 Å². The molecule has 3 amide bonds. The molecule has 172 valence electrons. The molecule has 9 N–H and O–H groups in total. The van der Waals surface area contributed by atoms with E-state index in [1.807, 2.05) is 0 Å². The Bertz CT molecular complexity index is 624. The summed E-state index contributed by atoms with van der Waals surface area (Å²) in [6.45, 7) is 5.01. The number of carbonyl (C=O) groups excluding carboxylic acids is 3. The van der Waals surface area contributed by atoms with Crippen LogP contribution >= 0.6 is 0 Å². The number of amides is 3. The number of unbranched alkanes of at least 4 members (excludes halogenated alkanes) is 1. The number of aliphatic carboxylic acids is 2. The highest BCUT2D eigenvalue weighted by molar-refractivity contribution is 5.95. The summed E-state index contributed by atoms with van der Waals surface area (Å²) in [6, 6.07) is -4.72. The van der Waals surface area contributed by atoms with Crippen molar-refractivity contribution < 1.29 is 34.2 Å². The van der Waals surface area contributed by atoms with Crippen LogP contribution in [0.25, 0.3) is 0 Å². The second kappa shape index (κ2) is 13.5. The molecule has 12 heteroatoms. The molecule has 0 aliphatic heterocycles. The Labute approximate surface area is 175 Å². The molecule has 4 unspecified atom stereocenters. The smallest absolute Gasteiger partial charge is 0.326 e. The van der Waals surface area contributed by atoms with E-state index in [4.69, 9.17) is 16.6 Å². The first-order chi connectivity index (χ1) is 13.9. The molecule has 0 aliphatic carbocycles. The molecule has 0 aromatic rings. The fourth-order valence-electron chi connectivity index (χ4n) is 2.49. The third-order valence-corrected chi connectivity index (χ3v) is 4.23. The molecule has 0 saturated carbocycles. The number of hydrogen-bond donors (Lipinski definition) is 7. The van der Waals surface area contributed by atoms with Crippen molar-refractivity contribution in [3.05, 3.63) is 0 Å². The fourth-order valence-corrected chi connectivity index (χ4v) is 2.49. The lowest BCUT2D eigenvalue weighted by atomic mass is 10.0. The van der Waals surface area contributed by atoms with Gasteiger partial charge in [-0.2, -0.15) is 0 Å². The van der Waals surface area contributed by atoms with Crippen LogP contribution in [-0.2, 0) is 24.0 Å². The lowest BCUT2D eigenvalue weighted by Gasteiger charge is -2.26. The molecule has 0 heterocycles. The van der Waals surface area contributed by atoms with E-state index in [2.05, 4.69) is 16.0 Å². The van der Waals surface area contributed by atoms with Gasteiger partial charge < -0.3 is 37.6 Å². The summed E-state index contributed by atoms with van der Waals surface area (Å²) in [5.41, 5.74) is 10.8. The van der Waals surface area contributed by atoms with E-state index in [1.165, 1.54) is 6.92 Å². The molecular formula is C18H33N5O7. The second-order valence-corrected chi connectivity index (χ2v) is 7.36. The molecule has 0 spiro atoms. The predicted octanol–water partition coefficient (Wildman–Crippen LogP) is -1.87. The Morgan fingerprint density at radius 2 is 1.40 bits per heavy atom. The standard InChI is InChI=1S/C18H33N5O7/c1-9(2)14(17(28)21-11(18(29)30)6-4-5-7-19)23-16(27)12(8-13(24)25)22-15(26)10(3)20/h9-12,14H,4-8,19-20H2,1-3H3,(H,21,28)(H,22,26)(H,23,27)(H,24,25)(H,29,30). The average molecular weight is 431 g/mol. The molecule has 0 aromatic carbocycles. The molecule has 0 fully saturated rings. The van der Waals surface area contributed by atoms with Crippen molar-refractivity contribution in [3.8, 4) is 0 Å². The molecule has 0 saturated heterocycles.